The maximum atomic E-state index is 13.4. The third kappa shape index (κ3) is 4.28. The van der Waals surface area contributed by atoms with Gasteiger partial charge in [0.2, 0.25) is 5.91 Å². The average molecular weight is 460 g/mol. The Hall–Kier alpha value is -3.45. The number of nitrogens with one attached hydrogen (secondary N) is 1. The van der Waals surface area contributed by atoms with Gasteiger partial charge < -0.3 is 10.2 Å². The van der Waals surface area contributed by atoms with E-state index in [1.165, 1.54) is 0 Å². The van der Waals surface area contributed by atoms with Crippen LogP contribution in [-0.4, -0.2) is 38.2 Å². The number of rotatable bonds is 4. The molecule has 1 atom stereocenters. The topological polar surface area (TPSA) is 78.8 Å². The van der Waals surface area contributed by atoms with Gasteiger partial charge in [-0.2, -0.15) is 8.42 Å². The Bertz CT molecular complexity index is 1250. The van der Waals surface area contributed by atoms with E-state index in [1.807, 2.05) is 71.6 Å². The maximum Gasteiger partial charge on any atom is 0.285 e. The van der Waals surface area contributed by atoms with Crippen molar-refractivity contribution in [3.05, 3.63) is 102 Å². The summed E-state index contributed by atoms with van der Waals surface area (Å²) in [6.07, 6.45) is 1.54. The number of fused-ring (bicyclic) bond motifs is 1. The number of carbonyl (C=O) groups excluding carboxylic acids is 1. The van der Waals surface area contributed by atoms with Gasteiger partial charge in [0.25, 0.3) is 10.0 Å². The summed E-state index contributed by atoms with van der Waals surface area (Å²) in [5.41, 5.74) is 2.65. The number of amides is 1. The van der Waals surface area contributed by atoms with Crippen molar-refractivity contribution < 1.29 is 13.2 Å². The molecule has 5 rings (SSSR count). The number of benzene rings is 3. The van der Waals surface area contributed by atoms with Gasteiger partial charge in [-0.15, -0.1) is 4.40 Å². The van der Waals surface area contributed by atoms with Crippen LogP contribution in [0.4, 0.5) is 0 Å². The number of amidine groups is 1. The lowest BCUT2D eigenvalue weighted by Crippen LogP contribution is -2.46. The number of sulfonamides is 1. The minimum atomic E-state index is -3.69. The Labute approximate surface area is 194 Å². The second-order valence-electron chi connectivity index (χ2n) is 8.43. The molecule has 0 aromatic heterocycles. The first-order valence-electron chi connectivity index (χ1n) is 11.1. The largest absolute Gasteiger partial charge is 0.355 e. The first-order chi connectivity index (χ1) is 16.0. The molecule has 2 heterocycles. The zero-order valence-corrected chi connectivity index (χ0v) is 18.9. The van der Waals surface area contributed by atoms with Crippen LogP contribution in [0, 0.1) is 5.92 Å². The van der Waals surface area contributed by atoms with E-state index in [0.29, 0.717) is 24.5 Å². The molecular weight excluding hydrogens is 434 g/mol. The highest BCUT2D eigenvalue weighted by molar-refractivity contribution is 7.90. The van der Waals surface area contributed by atoms with Crippen molar-refractivity contribution >= 4 is 21.8 Å². The van der Waals surface area contributed by atoms with Crippen LogP contribution in [0.25, 0.3) is 0 Å². The molecule has 2 aliphatic rings. The van der Waals surface area contributed by atoms with Crippen molar-refractivity contribution in [3.63, 3.8) is 0 Å². The monoisotopic (exact) mass is 459 g/mol. The van der Waals surface area contributed by atoms with Crippen LogP contribution in [0.2, 0.25) is 0 Å². The van der Waals surface area contributed by atoms with E-state index in [1.54, 1.807) is 18.2 Å². The SMILES string of the molecule is O=C(NC(c1ccccc1)c1ccccc1)[C@H]1CCCN(C2=NS(=O)(=O)c3ccccc32)C1. The fourth-order valence-corrected chi connectivity index (χ4v) is 5.84. The molecule has 0 unspecified atom stereocenters. The van der Waals surface area contributed by atoms with Crippen LogP contribution in [-0.2, 0) is 14.8 Å². The quantitative estimate of drug-likeness (QED) is 0.645. The Balaban J connectivity index is 1.37. The zero-order valence-electron chi connectivity index (χ0n) is 18.1. The molecule has 0 radical (unpaired) electrons. The average Bonchev–Trinajstić information content (AvgIpc) is 3.14. The van der Waals surface area contributed by atoms with Crippen molar-refractivity contribution in [2.75, 3.05) is 13.1 Å². The zero-order chi connectivity index (χ0) is 22.8. The third-order valence-corrected chi connectivity index (χ3v) is 7.58. The molecule has 0 saturated carbocycles. The smallest absolute Gasteiger partial charge is 0.285 e. The van der Waals surface area contributed by atoms with E-state index >= 15 is 0 Å². The van der Waals surface area contributed by atoms with E-state index in [9.17, 15) is 13.2 Å². The number of piperidine rings is 1. The van der Waals surface area contributed by atoms with E-state index in [0.717, 1.165) is 24.0 Å². The molecule has 1 saturated heterocycles. The van der Waals surface area contributed by atoms with Gasteiger partial charge in [0.05, 0.1) is 12.0 Å². The first kappa shape index (κ1) is 21.4. The molecule has 0 aliphatic carbocycles. The summed E-state index contributed by atoms with van der Waals surface area (Å²) in [6.45, 7) is 1.11. The molecule has 7 heteroatoms. The molecule has 1 amide bonds. The highest BCUT2D eigenvalue weighted by Crippen LogP contribution is 2.30. The fourth-order valence-electron chi connectivity index (χ4n) is 4.61. The van der Waals surface area contributed by atoms with Gasteiger partial charge in [0, 0.05) is 18.7 Å². The van der Waals surface area contributed by atoms with Crippen molar-refractivity contribution in [1.29, 1.82) is 0 Å². The Morgan fingerprint density at radius 1 is 0.909 bits per heavy atom. The normalized spacial score (nSPS) is 19.1. The van der Waals surface area contributed by atoms with Crippen LogP contribution >= 0.6 is 0 Å². The standard InChI is InChI=1S/C26H25N3O3S/c30-26(27-24(19-10-3-1-4-11-19)20-12-5-2-6-13-20)21-14-9-17-29(18-21)25-22-15-7-8-16-23(22)33(31,32)28-25/h1-8,10-13,15-16,21,24H,9,14,17-18H2,(H,27,30)/t21-/m0/s1. The van der Waals surface area contributed by atoms with E-state index < -0.39 is 10.0 Å². The lowest BCUT2D eigenvalue weighted by atomic mass is 9.94. The number of carbonyl (C=O) groups is 1. The molecule has 3 aromatic rings. The van der Waals surface area contributed by atoms with Crippen LogP contribution in [0.5, 0.6) is 0 Å². The molecule has 1 N–H and O–H groups in total. The Morgan fingerprint density at radius 2 is 1.52 bits per heavy atom. The number of hydrogen-bond acceptors (Lipinski definition) is 4. The van der Waals surface area contributed by atoms with Gasteiger partial charge in [-0.3, -0.25) is 4.79 Å². The molecule has 168 valence electrons. The summed E-state index contributed by atoms with van der Waals surface area (Å²) < 4.78 is 29.0. The second kappa shape index (κ2) is 8.83. The lowest BCUT2D eigenvalue weighted by molar-refractivity contribution is -0.126. The number of nitrogens with zero attached hydrogens (tertiary/aromatic N) is 2. The van der Waals surface area contributed by atoms with E-state index in [-0.39, 0.29) is 22.8 Å². The van der Waals surface area contributed by atoms with E-state index in [4.69, 9.17) is 0 Å². The molecule has 6 nitrogen and oxygen atoms in total. The van der Waals surface area contributed by atoms with Crippen LogP contribution in [0.15, 0.2) is 94.2 Å². The van der Waals surface area contributed by atoms with Crippen molar-refractivity contribution in [1.82, 2.24) is 10.2 Å². The summed E-state index contributed by atoms with van der Waals surface area (Å²) >= 11 is 0. The van der Waals surface area contributed by atoms with Crippen molar-refractivity contribution in [2.24, 2.45) is 10.3 Å². The minimum Gasteiger partial charge on any atom is -0.355 e. The van der Waals surface area contributed by atoms with Crippen LogP contribution in [0.1, 0.15) is 35.6 Å². The predicted octanol–water partition coefficient (Wildman–Crippen LogP) is 3.75. The molecular formula is C26H25N3O3S. The maximum absolute atomic E-state index is 13.4. The first-order valence-corrected chi connectivity index (χ1v) is 12.6. The van der Waals surface area contributed by atoms with Gasteiger partial charge in [0.1, 0.15) is 4.90 Å². The second-order valence-corrected chi connectivity index (χ2v) is 10.0. The summed E-state index contributed by atoms with van der Waals surface area (Å²) in [4.78, 5) is 15.6. The fraction of sp³-hybridized carbons (Fsp3) is 0.231. The Morgan fingerprint density at radius 3 is 2.18 bits per heavy atom. The van der Waals surface area contributed by atoms with Gasteiger partial charge >= 0.3 is 0 Å². The number of hydrogen-bond donors (Lipinski definition) is 1. The Kier molecular flexibility index (Phi) is 5.72. The predicted molar refractivity (Wildman–Crippen MR) is 127 cm³/mol. The highest BCUT2D eigenvalue weighted by atomic mass is 32.2. The van der Waals surface area contributed by atoms with E-state index in [2.05, 4.69) is 9.71 Å². The third-order valence-electron chi connectivity index (χ3n) is 6.26. The van der Waals surface area contributed by atoms with Gasteiger partial charge in [0.15, 0.2) is 5.84 Å². The van der Waals surface area contributed by atoms with Gasteiger partial charge in [-0.25, -0.2) is 0 Å². The molecule has 1 fully saturated rings. The van der Waals surface area contributed by atoms with Gasteiger partial charge in [-0.05, 0) is 36.1 Å². The lowest BCUT2D eigenvalue weighted by Gasteiger charge is -2.34. The summed E-state index contributed by atoms with van der Waals surface area (Å²) in [5.74, 6) is 0.157. The summed E-state index contributed by atoms with van der Waals surface area (Å²) in [7, 11) is -3.69. The molecule has 33 heavy (non-hydrogen) atoms. The highest BCUT2D eigenvalue weighted by Gasteiger charge is 2.35. The molecule has 3 aromatic carbocycles. The van der Waals surface area contributed by atoms with Crippen LogP contribution in [0.3, 0.4) is 0 Å². The summed E-state index contributed by atoms with van der Waals surface area (Å²) in [5, 5.41) is 3.24. The summed E-state index contributed by atoms with van der Waals surface area (Å²) in [6, 6.07) is 26.5. The van der Waals surface area contributed by atoms with Gasteiger partial charge in [-0.1, -0.05) is 72.8 Å². The van der Waals surface area contributed by atoms with Crippen LogP contribution < -0.4 is 5.32 Å². The van der Waals surface area contributed by atoms with Crippen molar-refractivity contribution in [2.45, 2.75) is 23.8 Å². The molecule has 0 spiro atoms. The molecule has 0 bridgehead atoms. The number of likely N-dealkylation sites (tertiary alicyclic amines) is 1. The molecule has 2 aliphatic heterocycles. The minimum absolute atomic E-state index is 0.0351. The van der Waals surface area contributed by atoms with Crippen molar-refractivity contribution in [3.8, 4) is 0 Å².